The molecular weight excluding hydrogens is 295 g/mol. The number of nitrogens with one attached hydrogen (secondary N) is 2. The normalized spacial score (nSPS) is 12.3. The van der Waals surface area contributed by atoms with Crippen LogP contribution < -0.4 is 5.32 Å². The molecule has 0 unspecified atom stereocenters. The summed E-state index contributed by atoms with van der Waals surface area (Å²) >= 11 is 0. The number of aromatic nitrogens is 2. The van der Waals surface area contributed by atoms with Gasteiger partial charge in [-0.1, -0.05) is 12.1 Å². The van der Waals surface area contributed by atoms with Crippen molar-refractivity contribution in [2.24, 2.45) is 0 Å². The summed E-state index contributed by atoms with van der Waals surface area (Å²) in [4.78, 5) is 11.7. The molecule has 0 fully saturated rings. The second kappa shape index (κ2) is 6.46. The smallest absolute Gasteiger partial charge is 0.347 e. The summed E-state index contributed by atoms with van der Waals surface area (Å²) < 4.78 is 37.4. The zero-order valence-corrected chi connectivity index (χ0v) is 11.7. The van der Waals surface area contributed by atoms with Gasteiger partial charge in [0.15, 0.2) is 0 Å². The van der Waals surface area contributed by atoms with Gasteiger partial charge in [-0.25, -0.2) is 0 Å². The Morgan fingerprint density at radius 1 is 1.27 bits per heavy atom. The molecule has 2 rings (SSSR count). The molecular formula is C15H14F3N3O. The van der Waals surface area contributed by atoms with Gasteiger partial charge in [-0.3, -0.25) is 9.89 Å². The van der Waals surface area contributed by atoms with Crippen molar-refractivity contribution < 1.29 is 18.0 Å². The molecule has 0 aliphatic rings. The topological polar surface area (TPSA) is 57.8 Å². The number of carbonyl (C=O) groups is 1. The van der Waals surface area contributed by atoms with Crippen molar-refractivity contribution in [3.05, 3.63) is 59.4 Å². The molecule has 1 aromatic heterocycles. The van der Waals surface area contributed by atoms with Crippen LogP contribution >= 0.6 is 0 Å². The Balaban J connectivity index is 2.00. The highest BCUT2D eigenvalue weighted by atomic mass is 19.4. The minimum absolute atomic E-state index is 0.301. The number of nitrogens with zero attached hydrogens (tertiary/aromatic N) is 1. The van der Waals surface area contributed by atoms with Gasteiger partial charge < -0.3 is 5.32 Å². The van der Waals surface area contributed by atoms with Gasteiger partial charge in [0.2, 0.25) is 5.91 Å². The van der Waals surface area contributed by atoms with Crippen molar-refractivity contribution in [2.45, 2.75) is 19.6 Å². The van der Waals surface area contributed by atoms with Gasteiger partial charge in [-0.2, -0.15) is 18.3 Å². The van der Waals surface area contributed by atoms with Crippen molar-refractivity contribution in [2.75, 3.05) is 0 Å². The summed E-state index contributed by atoms with van der Waals surface area (Å²) in [7, 11) is 0. The molecule has 0 radical (unpaired) electrons. The molecule has 0 bridgehead atoms. The van der Waals surface area contributed by atoms with E-state index in [0.717, 1.165) is 17.8 Å². The molecule has 0 atom stereocenters. The Morgan fingerprint density at radius 3 is 2.50 bits per heavy atom. The molecule has 1 aromatic carbocycles. The Bertz CT molecular complexity index is 658. The fraction of sp³-hybridized carbons (Fsp3) is 0.200. The molecule has 0 spiro atoms. The molecule has 7 heteroatoms. The number of aromatic amines is 1. The van der Waals surface area contributed by atoms with Gasteiger partial charge in [-0.15, -0.1) is 0 Å². The number of amides is 1. The first-order valence-corrected chi connectivity index (χ1v) is 6.48. The van der Waals surface area contributed by atoms with E-state index in [4.69, 9.17) is 0 Å². The zero-order chi connectivity index (χ0) is 16.2. The molecule has 1 heterocycles. The highest BCUT2D eigenvalue weighted by molar-refractivity contribution is 5.94. The number of halogens is 3. The van der Waals surface area contributed by atoms with E-state index >= 15 is 0 Å². The van der Waals surface area contributed by atoms with Gasteiger partial charge in [-0.05, 0) is 36.3 Å². The second-order valence-corrected chi connectivity index (χ2v) is 4.70. The lowest BCUT2D eigenvalue weighted by Gasteiger charge is -2.08. The third-order valence-corrected chi connectivity index (χ3v) is 3.03. The van der Waals surface area contributed by atoms with Crippen LogP contribution in [0.5, 0.6) is 0 Å². The van der Waals surface area contributed by atoms with Crippen LogP contribution in [-0.4, -0.2) is 16.1 Å². The van der Waals surface area contributed by atoms with E-state index in [9.17, 15) is 18.0 Å². The highest BCUT2D eigenvalue weighted by Crippen LogP contribution is 2.29. The van der Waals surface area contributed by atoms with E-state index in [1.54, 1.807) is 19.2 Å². The first kappa shape index (κ1) is 15.8. The van der Waals surface area contributed by atoms with Crippen LogP contribution in [0.4, 0.5) is 13.2 Å². The first-order valence-electron chi connectivity index (χ1n) is 6.48. The summed E-state index contributed by atoms with van der Waals surface area (Å²) in [5.74, 6) is -0.327. The number of rotatable bonds is 4. The average molecular weight is 309 g/mol. The Kier molecular flexibility index (Phi) is 4.65. The van der Waals surface area contributed by atoms with Crippen LogP contribution in [0.15, 0.2) is 42.6 Å². The monoisotopic (exact) mass is 309 g/mol. The van der Waals surface area contributed by atoms with Crippen molar-refractivity contribution >= 4 is 11.5 Å². The van der Waals surface area contributed by atoms with Crippen LogP contribution in [0.3, 0.4) is 0 Å². The van der Waals surface area contributed by atoms with E-state index in [2.05, 4.69) is 15.5 Å². The largest absolute Gasteiger partial charge is 0.416 e. The molecule has 22 heavy (non-hydrogen) atoms. The predicted molar refractivity (Wildman–Crippen MR) is 75.5 cm³/mol. The van der Waals surface area contributed by atoms with E-state index in [0.29, 0.717) is 17.7 Å². The Labute approximate surface area is 125 Å². The molecule has 116 valence electrons. The molecule has 0 saturated heterocycles. The van der Waals surface area contributed by atoms with Crippen LogP contribution in [0, 0.1) is 0 Å². The number of benzene rings is 1. The summed E-state index contributed by atoms with van der Waals surface area (Å²) in [6, 6.07) is 6.41. The van der Waals surface area contributed by atoms with E-state index < -0.39 is 11.7 Å². The minimum Gasteiger partial charge on any atom is -0.347 e. The molecule has 2 N–H and O–H groups in total. The van der Waals surface area contributed by atoms with Crippen molar-refractivity contribution in [3.8, 4) is 0 Å². The number of hydrogen-bond acceptors (Lipinski definition) is 2. The van der Waals surface area contributed by atoms with Crippen LogP contribution in [0.25, 0.3) is 5.57 Å². The summed E-state index contributed by atoms with van der Waals surface area (Å²) in [5.41, 5.74) is 1.18. The fourth-order valence-corrected chi connectivity index (χ4v) is 1.82. The summed E-state index contributed by atoms with van der Waals surface area (Å²) in [6.45, 7) is 1.97. The van der Waals surface area contributed by atoms with Crippen LogP contribution in [0.1, 0.15) is 23.7 Å². The van der Waals surface area contributed by atoms with Gasteiger partial charge in [0, 0.05) is 12.3 Å². The third kappa shape index (κ3) is 4.21. The van der Waals surface area contributed by atoms with E-state index in [-0.39, 0.29) is 5.91 Å². The highest BCUT2D eigenvalue weighted by Gasteiger charge is 2.29. The molecule has 2 aromatic rings. The third-order valence-electron chi connectivity index (χ3n) is 3.03. The van der Waals surface area contributed by atoms with Gasteiger partial charge in [0.25, 0.3) is 0 Å². The molecule has 0 saturated carbocycles. The number of alkyl halides is 3. The number of carbonyl (C=O) groups excluding carboxylic acids is 1. The maximum atomic E-state index is 12.5. The lowest BCUT2D eigenvalue weighted by molar-refractivity contribution is -0.137. The van der Waals surface area contributed by atoms with Crippen molar-refractivity contribution in [1.82, 2.24) is 15.5 Å². The fourth-order valence-electron chi connectivity index (χ4n) is 1.82. The van der Waals surface area contributed by atoms with E-state index in [1.807, 2.05) is 0 Å². The van der Waals surface area contributed by atoms with Gasteiger partial charge >= 0.3 is 6.18 Å². The SMILES string of the molecule is C/C(=C\C(=O)NCc1ccn[nH]1)c1ccc(C(F)(F)F)cc1. The maximum Gasteiger partial charge on any atom is 0.416 e. The zero-order valence-electron chi connectivity index (χ0n) is 11.7. The minimum atomic E-state index is -4.36. The van der Waals surface area contributed by atoms with Crippen LogP contribution in [-0.2, 0) is 17.5 Å². The number of allylic oxidation sites excluding steroid dienone is 1. The van der Waals surface area contributed by atoms with Crippen molar-refractivity contribution in [3.63, 3.8) is 0 Å². The van der Waals surface area contributed by atoms with Crippen molar-refractivity contribution in [1.29, 1.82) is 0 Å². The molecule has 4 nitrogen and oxygen atoms in total. The maximum absolute atomic E-state index is 12.5. The second-order valence-electron chi connectivity index (χ2n) is 4.70. The van der Waals surface area contributed by atoms with Gasteiger partial charge in [0.05, 0.1) is 17.8 Å². The molecule has 0 aliphatic carbocycles. The molecule has 1 amide bonds. The first-order chi connectivity index (χ1) is 10.4. The Morgan fingerprint density at radius 2 is 1.95 bits per heavy atom. The number of hydrogen-bond donors (Lipinski definition) is 2. The summed E-state index contributed by atoms with van der Waals surface area (Å²) in [6.07, 6.45) is -1.44. The predicted octanol–water partition coefficient (Wildman–Crippen LogP) is 3.15. The molecule has 0 aliphatic heterocycles. The lowest BCUT2D eigenvalue weighted by Crippen LogP contribution is -2.20. The standard InChI is InChI=1S/C15H14F3N3O/c1-10(8-14(22)19-9-13-6-7-20-21-13)11-2-4-12(5-3-11)15(16,17)18/h2-8H,9H2,1H3,(H,19,22)(H,20,21)/b10-8+. The van der Waals surface area contributed by atoms with Crippen LogP contribution in [0.2, 0.25) is 0 Å². The average Bonchev–Trinajstić information content (AvgIpc) is 2.97. The number of H-pyrrole nitrogens is 1. The van der Waals surface area contributed by atoms with E-state index in [1.165, 1.54) is 18.2 Å². The summed E-state index contributed by atoms with van der Waals surface area (Å²) in [5, 5.41) is 9.11. The quantitative estimate of drug-likeness (QED) is 0.852. The van der Waals surface area contributed by atoms with Gasteiger partial charge in [0.1, 0.15) is 0 Å². The Hall–Kier alpha value is -2.57. The lowest BCUT2D eigenvalue weighted by atomic mass is 10.0.